The Labute approximate surface area is 194 Å². The van der Waals surface area contributed by atoms with Gasteiger partial charge >= 0.3 is 0 Å². The van der Waals surface area contributed by atoms with Crippen LogP contribution < -0.4 is 5.32 Å². The smallest absolute Gasteiger partial charge is 0.272 e. The van der Waals surface area contributed by atoms with Crippen molar-refractivity contribution in [2.75, 3.05) is 26.2 Å². The van der Waals surface area contributed by atoms with E-state index >= 15 is 0 Å². The van der Waals surface area contributed by atoms with E-state index in [4.69, 9.17) is 16.7 Å². The number of carbonyl (C=O) groups is 1. The third-order valence-corrected chi connectivity index (χ3v) is 6.05. The van der Waals surface area contributed by atoms with Gasteiger partial charge in [-0.1, -0.05) is 49.7 Å². The van der Waals surface area contributed by atoms with Crippen LogP contribution in [0.4, 0.5) is 0 Å². The Morgan fingerprint density at radius 1 is 1.10 bits per heavy atom. The molecule has 31 heavy (non-hydrogen) atoms. The summed E-state index contributed by atoms with van der Waals surface area (Å²) in [6.07, 6.45) is 1.72. The van der Waals surface area contributed by atoms with E-state index in [0.717, 1.165) is 55.0 Å². The third kappa shape index (κ3) is 4.79. The summed E-state index contributed by atoms with van der Waals surface area (Å²) in [4.78, 5) is 15.3. The van der Waals surface area contributed by atoms with Crippen LogP contribution in [0.25, 0.3) is 16.9 Å². The van der Waals surface area contributed by atoms with Crippen LogP contribution in [-0.2, 0) is 12.8 Å². The highest BCUT2D eigenvalue weighted by Gasteiger charge is 2.28. The minimum Gasteiger partial charge on any atom is -0.349 e. The van der Waals surface area contributed by atoms with Crippen molar-refractivity contribution in [1.29, 1.82) is 0 Å². The van der Waals surface area contributed by atoms with Crippen LogP contribution in [-0.4, -0.2) is 46.8 Å². The summed E-state index contributed by atoms with van der Waals surface area (Å²) in [5.41, 5.74) is 5.87. The molecule has 5 nitrogen and oxygen atoms in total. The van der Waals surface area contributed by atoms with E-state index in [0.29, 0.717) is 17.3 Å². The van der Waals surface area contributed by atoms with Crippen LogP contribution in [0.15, 0.2) is 48.5 Å². The average molecular weight is 459 g/mol. The standard InChI is InChI=1S/C24H27ClN4O.ClH/c1-3-28(4-2)16-15-26-24(30)22-21-14-9-17-7-5-6-8-20(17)23(21)29(27-22)19-12-10-18(25)11-13-19;/h5-8,10-13H,3-4,9,14-16H2,1-2H3,(H,26,30);1H. The quantitative estimate of drug-likeness (QED) is 0.553. The van der Waals surface area contributed by atoms with E-state index in [9.17, 15) is 4.79 Å². The zero-order chi connectivity index (χ0) is 21.1. The second-order valence-electron chi connectivity index (χ2n) is 7.50. The lowest BCUT2D eigenvalue weighted by Gasteiger charge is -2.19. The first-order valence-corrected chi connectivity index (χ1v) is 11.0. The predicted molar refractivity (Wildman–Crippen MR) is 129 cm³/mol. The number of nitrogens with one attached hydrogen (secondary N) is 1. The van der Waals surface area contributed by atoms with Gasteiger partial charge in [0.1, 0.15) is 0 Å². The second kappa shape index (κ2) is 10.3. The maximum Gasteiger partial charge on any atom is 0.272 e. The lowest BCUT2D eigenvalue weighted by Crippen LogP contribution is -2.35. The van der Waals surface area contributed by atoms with E-state index in [1.807, 2.05) is 35.0 Å². The Bertz CT molecular complexity index is 1040. The number of halogens is 2. The molecule has 0 unspecified atom stereocenters. The highest BCUT2D eigenvalue weighted by atomic mass is 35.5. The Kier molecular flexibility index (Phi) is 7.76. The Morgan fingerprint density at radius 3 is 2.52 bits per heavy atom. The van der Waals surface area contributed by atoms with Gasteiger partial charge in [0.25, 0.3) is 5.91 Å². The van der Waals surface area contributed by atoms with Crippen LogP contribution in [0, 0.1) is 0 Å². The number of amides is 1. The molecule has 7 heteroatoms. The average Bonchev–Trinajstić information content (AvgIpc) is 3.17. The fourth-order valence-electron chi connectivity index (χ4n) is 4.10. The van der Waals surface area contributed by atoms with Crippen LogP contribution >= 0.6 is 24.0 Å². The summed E-state index contributed by atoms with van der Waals surface area (Å²) in [5.74, 6) is -0.106. The van der Waals surface area contributed by atoms with Crippen molar-refractivity contribution in [2.45, 2.75) is 26.7 Å². The largest absolute Gasteiger partial charge is 0.349 e. The summed E-state index contributed by atoms with van der Waals surface area (Å²) in [6, 6.07) is 16.0. The topological polar surface area (TPSA) is 50.2 Å². The van der Waals surface area contributed by atoms with Crippen LogP contribution in [0.5, 0.6) is 0 Å². The first-order valence-electron chi connectivity index (χ1n) is 10.6. The zero-order valence-corrected chi connectivity index (χ0v) is 19.5. The molecule has 0 radical (unpaired) electrons. The molecule has 1 N–H and O–H groups in total. The molecule has 0 aliphatic heterocycles. The summed E-state index contributed by atoms with van der Waals surface area (Å²) in [7, 11) is 0. The molecule has 1 aromatic heterocycles. The van der Waals surface area contributed by atoms with Gasteiger partial charge in [-0.15, -0.1) is 12.4 Å². The van der Waals surface area contributed by atoms with Gasteiger partial charge in [0.15, 0.2) is 5.69 Å². The minimum absolute atomic E-state index is 0. The fraction of sp³-hybridized carbons (Fsp3) is 0.333. The van der Waals surface area contributed by atoms with Crippen molar-refractivity contribution < 1.29 is 4.79 Å². The van der Waals surface area contributed by atoms with E-state index in [2.05, 4.69) is 42.3 Å². The Morgan fingerprint density at radius 2 is 1.81 bits per heavy atom. The number of aromatic nitrogens is 2. The molecule has 0 saturated carbocycles. The van der Waals surface area contributed by atoms with Crippen molar-refractivity contribution >= 4 is 29.9 Å². The molecule has 2 aromatic carbocycles. The second-order valence-corrected chi connectivity index (χ2v) is 7.94. The van der Waals surface area contributed by atoms with Crippen LogP contribution in [0.1, 0.15) is 35.5 Å². The molecule has 1 amide bonds. The summed E-state index contributed by atoms with van der Waals surface area (Å²) < 4.78 is 1.89. The minimum atomic E-state index is -0.106. The number of fused-ring (bicyclic) bond motifs is 3. The van der Waals surface area contributed by atoms with Gasteiger partial charge in [-0.25, -0.2) is 4.68 Å². The van der Waals surface area contributed by atoms with Gasteiger partial charge in [0.05, 0.1) is 11.4 Å². The molecule has 164 valence electrons. The van der Waals surface area contributed by atoms with Crippen molar-refractivity contribution in [2.24, 2.45) is 0 Å². The lowest BCUT2D eigenvalue weighted by molar-refractivity contribution is 0.0942. The van der Waals surface area contributed by atoms with Crippen molar-refractivity contribution in [1.82, 2.24) is 20.0 Å². The first kappa shape index (κ1) is 23.3. The monoisotopic (exact) mass is 458 g/mol. The molecule has 0 fully saturated rings. The van der Waals surface area contributed by atoms with Gasteiger partial charge in [0, 0.05) is 29.2 Å². The van der Waals surface area contributed by atoms with E-state index < -0.39 is 0 Å². The Balaban J connectivity index is 0.00000272. The summed E-state index contributed by atoms with van der Waals surface area (Å²) in [6.45, 7) is 7.66. The molecule has 0 atom stereocenters. The molecule has 0 bridgehead atoms. The van der Waals surface area contributed by atoms with Gasteiger partial charge < -0.3 is 10.2 Å². The number of hydrogen-bond acceptors (Lipinski definition) is 3. The van der Waals surface area contributed by atoms with Gasteiger partial charge in [-0.05, 0) is 55.8 Å². The number of nitrogens with zero attached hydrogens (tertiary/aromatic N) is 3. The lowest BCUT2D eigenvalue weighted by atomic mass is 9.88. The number of benzene rings is 2. The fourth-order valence-corrected chi connectivity index (χ4v) is 4.22. The third-order valence-electron chi connectivity index (χ3n) is 5.79. The maximum absolute atomic E-state index is 13.1. The molecule has 4 rings (SSSR count). The zero-order valence-electron chi connectivity index (χ0n) is 17.9. The number of carbonyl (C=O) groups excluding carboxylic acids is 1. The van der Waals surface area contributed by atoms with E-state index in [-0.39, 0.29) is 18.3 Å². The van der Waals surface area contributed by atoms with Crippen LogP contribution in [0.2, 0.25) is 5.02 Å². The maximum atomic E-state index is 13.1. The SMILES string of the molecule is CCN(CC)CCNC(=O)c1nn(-c2ccc(Cl)cc2)c2c1CCc1ccccc1-2.Cl. The number of hydrogen-bond donors (Lipinski definition) is 1. The molecule has 1 aliphatic carbocycles. The van der Waals surface area contributed by atoms with Gasteiger partial charge in [0.2, 0.25) is 0 Å². The first-order chi connectivity index (χ1) is 14.6. The molecule has 1 heterocycles. The van der Waals surface area contributed by atoms with Crippen molar-refractivity contribution in [3.8, 4) is 16.9 Å². The molecule has 3 aromatic rings. The highest BCUT2D eigenvalue weighted by Crippen LogP contribution is 2.37. The number of aryl methyl sites for hydroxylation is 1. The number of rotatable bonds is 7. The van der Waals surface area contributed by atoms with Crippen molar-refractivity contribution in [3.63, 3.8) is 0 Å². The molecule has 0 spiro atoms. The molecule has 1 aliphatic rings. The highest BCUT2D eigenvalue weighted by molar-refractivity contribution is 6.30. The van der Waals surface area contributed by atoms with E-state index in [1.54, 1.807) is 0 Å². The van der Waals surface area contributed by atoms with Crippen LogP contribution in [0.3, 0.4) is 0 Å². The molecular weight excluding hydrogens is 431 g/mol. The Hall–Kier alpha value is -2.34. The molecule has 0 saturated heterocycles. The summed E-state index contributed by atoms with van der Waals surface area (Å²) in [5, 5.41) is 8.52. The van der Waals surface area contributed by atoms with Gasteiger partial charge in [-0.3, -0.25) is 4.79 Å². The van der Waals surface area contributed by atoms with Crippen molar-refractivity contribution in [3.05, 3.63) is 70.4 Å². The molecular formula is C24H28Cl2N4O. The number of likely N-dealkylation sites (N-methyl/N-ethyl adjacent to an activating group) is 1. The summed E-state index contributed by atoms with van der Waals surface area (Å²) >= 11 is 6.09. The predicted octanol–water partition coefficient (Wildman–Crippen LogP) is 4.78. The van der Waals surface area contributed by atoms with Gasteiger partial charge in [-0.2, -0.15) is 5.10 Å². The van der Waals surface area contributed by atoms with E-state index in [1.165, 1.54) is 5.56 Å². The normalized spacial score (nSPS) is 12.1.